The molecule has 1 fully saturated rings. The van der Waals surface area contributed by atoms with Crippen molar-refractivity contribution in [1.82, 2.24) is 30.0 Å². The van der Waals surface area contributed by atoms with Gasteiger partial charge in [-0.1, -0.05) is 19.1 Å². The minimum atomic E-state index is -0.136. The fraction of sp³-hybridized carbons (Fsp3) is 0.412. The van der Waals surface area contributed by atoms with Crippen LogP contribution >= 0.6 is 0 Å². The summed E-state index contributed by atoms with van der Waals surface area (Å²) < 4.78 is 5.83. The van der Waals surface area contributed by atoms with Gasteiger partial charge in [0.05, 0.1) is 18.7 Å². The molecule has 3 heterocycles. The van der Waals surface area contributed by atoms with E-state index in [0.717, 1.165) is 35.5 Å². The van der Waals surface area contributed by atoms with Crippen LogP contribution in [0.1, 0.15) is 30.5 Å². The van der Waals surface area contributed by atoms with Crippen LogP contribution in [0.3, 0.4) is 0 Å². The summed E-state index contributed by atoms with van der Waals surface area (Å²) in [6.45, 7) is 4.82. The zero-order valence-electron chi connectivity index (χ0n) is 14.1. The predicted octanol–water partition coefficient (Wildman–Crippen LogP) is 1.47. The first kappa shape index (κ1) is 15.9. The molecule has 130 valence electrons. The van der Waals surface area contributed by atoms with Gasteiger partial charge in [0.1, 0.15) is 23.6 Å². The van der Waals surface area contributed by atoms with E-state index in [1.54, 1.807) is 0 Å². The molecule has 0 saturated carbocycles. The number of nitrogens with two attached hydrogens (primary N) is 1. The highest BCUT2D eigenvalue weighted by Gasteiger charge is 2.26. The quantitative estimate of drug-likeness (QED) is 0.741. The van der Waals surface area contributed by atoms with E-state index in [-0.39, 0.29) is 6.10 Å². The smallest absolute Gasteiger partial charge is 0.180 e. The van der Waals surface area contributed by atoms with E-state index in [4.69, 9.17) is 10.5 Å². The van der Waals surface area contributed by atoms with Crippen LogP contribution < -0.4 is 5.73 Å². The van der Waals surface area contributed by atoms with Crippen LogP contribution in [-0.4, -0.2) is 49.7 Å². The normalized spacial score (nSPS) is 18.7. The molecule has 0 radical (unpaired) electrons. The molecule has 1 aliphatic rings. The molecule has 25 heavy (non-hydrogen) atoms. The average molecular weight is 339 g/mol. The number of nitrogens with one attached hydrogen (secondary N) is 1. The number of nitrogens with zero attached hydrogens (tertiary/aromatic N) is 5. The highest BCUT2D eigenvalue weighted by atomic mass is 16.5. The van der Waals surface area contributed by atoms with Gasteiger partial charge < -0.3 is 10.5 Å². The van der Waals surface area contributed by atoms with Crippen LogP contribution in [0.5, 0.6) is 0 Å². The number of para-hydroxylation sites is 1. The molecule has 3 N–H and O–H groups in total. The zero-order chi connectivity index (χ0) is 17.2. The Morgan fingerprint density at radius 3 is 3.00 bits per heavy atom. The molecule has 8 nitrogen and oxygen atoms in total. The Labute approximate surface area is 145 Å². The molecule has 3 aromatic rings. The number of rotatable bonds is 4. The number of fused-ring (bicyclic) bond motifs is 1. The minimum absolute atomic E-state index is 0.136. The van der Waals surface area contributed by atoms with E-state index in [2.05, 4.69) is 30.0 Å². The summed E-state index contributed by atoms with van der Waals surface area (Å²) in [5.74, 6) is 2.83. The first-order chi connectivity index (χ1) is 12.2. The van der Waals surface area contributed by atoms with Crippen LogP contribution in [0.2, 0.25) is 0 Å². The van der Waals surface area contributed by atoms with E-state index in [9.17, 15) is 0 Å². The summed E-state index contributed by atoms with van der Waals surface area (Å²) in [6.07, 6.45) is 0.691. The van der Waals surface area contributed by atoms with E-state index in [1.807, 2.05) is 31.2 Å². The number of hydrogen-bond donors (Lipinski definition) is 2. The zero-order valence-corrected chi connectivity index (χ0v) is 14.1. The maximum absolute atomic E-state index is 6.08. The molecule has 1 aromatic carbocycles. The molecular formula is C17H21N7O. The lowest BCUT2D eigenvalue weighted by Crippen LogP contribution is -2.38. The van der Waals surface area contributed by atoms with Crippen molar-refractivity contribution in [2.24, 2.45) is 0 Å². The Morgan fingerprint density at radius 1 is 1.28 bits per heavy atom. The van der Waals surface area contributed by atoms with Crippen molar-refractivity contribution < 1.29 is 4.74 Å². The van der Waals surface area contributed by atoms with Gasteiger partial charge in [-0.05, 0) is 12.1 Å². The number of benzene rings is 1. The van der Waals surface area contributed by atoms with Gasteiger partial charge >= 0.3 is 0 Å². The molecule has 0 unspecified atom stereocenters. The van der Waals surface area contributed by atoms with Crippen molar-refractivity contribution in [2.75, 3.05) is 25.4 Å². The number of anilines is 1. The second-order valence-electron chi connectivity index (χ2n) is 6.13. The van der Waals surface area contributed by atoms with Gasteiger partial charge in [0.2, 0.25) is 0 Å². The first-order valence-corrected chi connectivity index (χ1v) is 8.49. The molecule has 4 rings (SSSR count). The van der Waals surface area contributed by atoms with Crippen LogP contribution in [0.25, 0.3) is 10.9 Å². The molecule has 2 aromatic heterocycles. The molecule has 1 saturated heterocycles. The van der Waals surface area contributed by atoms with Crippen LogP contribution in [0, 0.1) is 0 Å². The Kier molecular flexibility index (Phi) is 4.29. The van der Waals surface area contributed by atoms with Gasteiger partial charge in [0.25, 0.3) is 0 Å². The summed E-state index contributed by atoms with van der Waals surface area (Å²) in [5.41, 5.74) is 6.95. The maximum Gasteiger partial charge on any atom is 0.180 e. The second-order valence-corrected chi connectivity index (χ2v) is 6.13. The lowest BCUT2D eigenvalue weighted by molar-refractivity contribution is -0.0377. The van der Waals surface area contributed by atoms with Crippen molar-refractivity contribution in [1.29, 1.82) is 0 Å². The number of H-pyrrole nitrogens is 1. The van der Waals surface area contributed by atoms with Crippen LogP contribution in [-0.2, 0) is 17.7 Å². The fourth-order valence-electron chi connectivity index (χ4n) is 3.04. The number of morpholine rings is 1. The third-order valence-electron chi connectivity index (χ3n) is 4.37. The number of ether oxygens (including phenoxy) is 1. The lowest BCUT2D eigenvalue weighted by Gasteiger charge is -2.31. The highest BCUT2D eigenvalue weighted by molar-refractivity contribution is 5.87. The number of aromatic amines is 1. The van der Waals surface area contributed by atoms with E-state index >= 15 is 0 Å². The molecule has 0 amide bonds. The second kappa shape index (κ2) is 6.73. The topological polar surface area (TPSA) is 106 Å². The molecule has 0 aliphatic carbocycles. The monoisotopic (exact) mass is 339 g/mol. The van der Waals surface area contributed by atoms with Crippen LogP contribution in [0.4, 0.5) is 5.82 Å². The number of hydrogen-bond acceptors (Lipinski definition) is 7. The lowest BCUT2D eigenvalue weighted by atomic mass is 10.2. The fourth-order valence-corrected chi connectivity index (χ4v) is 3.04. The van der Waals surface area contributed by atoms with Gasteiger partial charge in [0, 0.05) is 24.9 Å². The van der Waals surface area contributed by atoms with Gasteiger partial charge in [-0.15, -0.1) is 0 Å². The van der Waals surface area contributed by atoms with Gasteiger partial charge in [-0.2, -0.15) is 5.10 Å². The third-order valence-corrected chi connectivity index (χ3v) is 4.37. The van der Waals surface area contributed by atoms with Gasteiger partial charge in [-0.25, -0.2) is 15.0 Å². The van der Waals surface area contributed by atoms with E-state index in [0.29, 0.717) is 31.3 Å². The SMILES string of the molecule is CCc1nc([C@H]2CN(Cc3nc(N)c4ccccc4n3)CCO2)n[nH]1. The number of aryl methyl sites for hydroxylation is 1. The third kappa shape index (κ3) is 3.31. The van der Waals surface area contributed by atoms with Crippen molar-refractivity contribution in [3.8, 4) is 0 Å². The van der Waals surface area contributed by atoms with Crippen molar-refractivity contribution in [2.45, 2.75) is 26.0 Å². The van der Waals surface area contributed by atoms with E-state index < -0.39 is 0 Å². The maximum atomic E-state index is 6.08. The predicted molar refractivity (Wildman–Crippen MR) is 93.7 cm³/mol. The largest absolute Gasteiger partial charge is 0.383 e. The van der Waals surface area contributed by atoms with Gasteiger partial charge in [-0.3, -0.25) is 10.00 Å². The van der Waals surface area contributed by atoms with Gasteiger partial charge in [0.15, 0.2) is 5.82 Å². The number of aromatic nitrogens is 5. The first-order valence-electron chi connectivity index (χ1n) is 8.49. The van der Waals surface area contributed by atoms with E-state index in [1.165, 1.54) is 0 Å². The summed E-state index contributed by atoms with van der Waals surface area (Å²) >= 11 is 0. The van der Waals surface area contributed by atoms with Crippen molar-refractivity contribution in [3.63, 3.8) is 0 Å². The molecule has 1 aliphatic heterocycles. The molecule has 1 atom stereocenters. The Balaban J connectivity index is 1.50. The number of nitrogen functional groups attached to an aromatic ring is 1. The van der Waals surface area contributed by atoms with Crippen molar-refractivity contribution in [3.05, 3.63) is 41.7 Å². The average Bonchev–Trinajstić information content (AvgIpc) is 3.11. The molecule has 0 bridgehead atoms. The summed E-state index contributed by atoms with van der Waals surface area (Å²) in [4.78, 5) is 15.8. The molecule has 8 heteroatoms. The standard InChI is InChI=1S/C17H21N7O/c1-2-14-21-17(23-22-14)13-9-24(7-8-25-13)10-15-19-12-6-4-3-5-11(12)16(18)20-15/h3-6,13H,2,7-10H2,1H3,(H2,18,19,20)(H,21,22,23)/t13-/m1/s1. The minimum Gasteiger partial charge on any atom is -0.383 e. The molecule has 0 spiro atoms. The summed E-state index contributed by atoms with van der Waals surface area (Å²) in [5, 5.41) is 8.10. The highest BCUT2D eigenvalue weighted by Crippen LogP contribution is 2.22. The Bertz CT molecular complexity index is 878. The Hall–Kier alpha value is -2.58. The van der Waals surface area contributed by atoms with Crippen LogP contribution in [0.15, 0.2) is 24.3 Å². The Morgan fingerprint density at radius 2 is 2.16 bits per heavy atom. The summed E-state index contributed by atoms with van der Waals surface area (Å²) in [6, 6.07) is 7.79. The van der Waals surface area contributed by atoms with Crippen molar-refractivity contribution >= 4 is 16.7 Å². The summed E-state index contributed by atoms with van der Waals surface area (Å²) in [7, 11) is 0. The molecular weight excluding hydrogens is 318 g/mol.